The van der Waals surface area contributed by atoms with Gasteiger partial charge < -0.3 is 19.5 Å². The van der Waals surface area contributed by atoms with Crippen molar-refractivity contribution < 1.29 is 27.4 Å². The van der Waals surface area contributed by atoms with Crippen molar-refractivity contribution >= 4 is 27.7 Å². The number of carbonyl (C=O) groups is 1. The van der Waals surface area contributed by atoms with Gasteiger partial charge in [-0.25, -0.2) is 13.6 Å². The summed E-state index contributed by atoms with van der Waals surface area (Å²) in [7, 11) is -2.56. The minimum atomic E-state index is -3.94. The zero-order valence-electron chi connectivity index (χ0n) is 17.8. The van der Waals surface area contributed by atoms with Gasteiger partial charge in [0.2, 0.25) is 10.0 Å². The maximum absolute atomic E-state index is 12.5. The van der Waals surface area contributed by atoms with Crippen LogP contribution in [0.15, 0.2) is 47.4 Å². The minimum Gasteiger partial charge on any atom is -0.495 e. The van der Waals surface area contributed by atoms with Crippen molar-refractivity contribution in [3.05, 3.63) is 48.0 Å². The highest BCUT2D eigenvalue weighted by atomic mass is 32.2. The first kappa shape index (κ1) is 24.8. The average molecular weight is 469 g/mol. The van der Waals surface area contributed by atoms with Crippen LogP contribution in [-0.4, -0.2) is 52.7 Å². The summed E-state index contributed by atoms with van der Waals surface area (Å²) >= 11 is 1.57. The number of rotatable bonds is 12. The predicted molar refractivity (Wildman–Crippen MR) is 121 cm³/mol. The second-order valence-electron chi connectivity index (χ2n) is 6.62. The number of hydrogen-bond acceptors (Lipinski definition) is 7. The van der Waals surface area contributed by atoms with E-state index in [1.807, 2.05) is 19.2 Å². The highest BCUT2D eigenvalue weighted by molar-refractivity contribution is 7.98. The van der Waals surface area contributed by atoms with Crippen molar-refractivity contribution in [2.75, 3.05) is 32.3 Å². The Bertz CT molecular complexity index is 982. The quantitative estimate of drug-likeness (QED) is 0.490. The van der Waals surface area contributed by atoms with Crippen LogP contribution in [0.2, 0.25) is 0 Å². The van der Waals surface area contributed by atoms with Crippen LogP contribution in [0, 0.1) is 0 Å². The van der Waals surface area contributed by atoms with Crippen LogP contribution < -0.4 is 24.7 Å². The van der Waals surface area contributed by atoms with Crippen molar-refractivity contribution in [2.24, 2.45) is 5.14 Å². The molecule has 2 aromatic carbocycles. The zero-order chi connectivity index (χ0) is 22.9. The number of hydrogen-bond donors (Lipinski definition) is 2. The SMILES string of the molecule is CCOc1ccccc1OCC(=O)N[C@H](CSC)Cc1ccc(OC)c(S(N)(=O)=O)c1. The van der Waals surface area contributed by atoms with Crippen molar-refractivity contribution in [3.63, 3.8) is 0 Å². The fraction of sp³-hybridized carbons (Fsp3) is 0.381. The molecule has 0 unspecified atom stereocenters. The molecule has 2 rings (SSSR count). The summed E-state index contributed by atoms with van der Waals surface area (Å²) < 4.78 is 39.9. The fourth-order valence-corrected chi connectivity index (χ4v) is 4.32. The van der Waals surface area contributed by atoms with E-state index in [-0.39, 0.29) is 29.2 Å². The van der Waals surface area contributed by atoms with E-state index in [1.165, 1.54) is 13.2 Å². The Kier molecular flexibility index (Phi) is 9.47. The van der Waals surface area contributed by atoms with Gasteiger partial charge >= 0.3 is 0 Å². The third-order valence-corrected chi connectivity index (χ3v) is 5.93. The van der Waals surface area contributed by atoms with Crippen LogP contribution in [0.25, 0.3) is 0 Å². The molecule has 1 amide bonds. The third kappa shape index (κ3) is 7.64. The lowest BCUT2D eigenvalue weighted by Gasteiger charge is -2.19. The maximum atomic E-state index is 12.5. The Hall–Kier alpha value is -2.43. The summed E-state index contributed by atoms with van der Waals surface area (Å²) in [5.41, 5.74) is 0.715. The lowest BCUT2D eigenvalue weighted by Crippen LogP contribution is -2.40. The van der Waals surface area contributed by atoms with E-state index in [1.54, 1.807) is 42.1 Å². The minimum absolute atomic E-state index is 0.0856. The molecule has 0 spiro atoms. The number of thioether (sulfide) groups is 1. The number of sulfonamides is 1. The first-order valence-corrected chi connectivity index (χ1v) is 12.5. The predicted octanol–water partition coefficient (Wildman–Crippen LogP) is 2.21. The summed E-state index contributed by atoms with van der Waals surface area (Å²) in [5, 5.41) is 8.23. The van der Waals surface area contributed by atoms with Crippen molar-refractivity contribution in [2.45, 2.75) is 24.3 Å². The highest BCUT2D eigenvalue weighted by Gasteiger charge is 2.19. The second-order valence-corrected chi connectivity index (χ2v) is 9.06. The lowest BCUT2D eigenvalue weighted by atomic mass is 10.1. The molecule has 0 saturated heterocycles. The molecular formula is C21H28N2O6S2. The first-order valence-electron chi connectivity index (χ1n) is 9.61. The van der Waals surface area contributed by atoms with E-state index >= 15 is 0 Å². The van der Waals surface area contributed by atoms with Gasteiger partial charge in [-0.1, -0.05) is 18.2 Å². The largest absolute Gasteiger partial charge is 0.495 e. The van der Waals surface area contributed by atoms with E-state index in [4.69, 9.17) is 19.3 Å². The molecule has 10 heteroatoms. The average Bonchev–Trinajstić information content (AvgIpc) is 2.73. The molecule has 0 aliphatic rings. The number of methoxy groups -OCH3 is 1. The van der Waals surface area contributed by atoms with Crippen LogP contribution >= 0.6 is 11.8 Å². The van der Waals surface area contributed by atoms with E-state index in [0.29, 0.717) is 35.8 Å². The first-order chi connectivity index (χ1) is 14.8. The molecule has 31 heavy (non-hydrogen) atoms. The number of nitrogens with two attached hydrogens (primary N) is 1. The van der Waals surface area contributed by atoms with Gasteiger partial charge in [-0.05, 0) is 49.4 Å². The summed E-state index contributed by atoms with van der Waals surface area (Å²) in [5.74, 6) is 1.60. The van der Waals surface area contributed by atoms with E-state index < -0.39 is 10.0 Å². The third-order valence-electron chi connectivity index (χ3n) is 4.26. The molecule has 8 nitrogen and oxygen atoms in total. The summed E-state index contributed by atoms with van der Waals surface area (Å²) in [6.45, 7) is 2.20. The van der Waals surface area contributed by atoms with Crippen LogP contribution in [0.5, 0.6) is 17.2 Å². The molecule has 0 heterocycles. The smallest absolute Gasteiger partial charge is 0.258 e. The van der Waals surface area contributed by atoms with Gasteiger partial charge in [0, 0.05) is 11.8 Å². The number of amides is 1. The number of ether oxygens (including phenoxy) is 3. The molecule has 0 bridgehead atoms. The monoisotopic (exact) mass is 468 g/mol. The molecule has 0 fully saturated rings. The van der Waals surface area contributed by atoms with Crippen LogP contribution in [0.1, 0.15) is 12.5 Å². The van der Waals surface area contributed by atoms with E-state index in [2.05, 4.69) is 5.32 Å². The molecular weight excluding hydrogens is 440 g/mol. The van der Waals surface area contributed by atoms with Crippen molar-refractivity contribution in [1.82, 2.24) is 5.32 Å². The second kappa shape index (κ2) is 11.8. The Morgan fingerprint density at radius 3 is 2.39 bits per heavy atom. The number of benzene rings is 2. The normalized spacial score (nSPS) is 12.1. The molecule has 170 valence electrons. The van der Waals surface area contributed by atoms with Gasteiger partial charge in [0.05, 0.1) is 13.7 Å². The Morgan fingerprint density at radius 2 is 1.81 bits per heavy atom. The van der Waals surface area contributed by atoms with Crippen LogP contribution in [-0.2, 0) is 21.2 Å². The molecule has 0 saturated carbocycles. The topological polar surface area (TPSA) is 117 Å². The van der Waals surface area contributed by atoms with Crippen molar-refractivity contribution in [1.29, 1.82) is 0 Å². The van der Waals surface area contributed by atoms with Crippen LogP contribution in [0.3, 0.4) is 0 Å². The number of nitrogens with one attached hydrogen (secondary N) is 1. The van der Waals surface area contributed by atoms with Crippen molar-refractivity contribution in [3.8, 4) is 17.2 Å². The Morgan fingerprint density at radius 1 is 1.13 bits per heavy atom. The molecule has 0 radical (unpaired) electrons. The number of carbonyl (C=O) groups excluding carboxylic acids is 1. The van der Waals surface area contributed by atoms with E-state index in [9.17, 15) is 13.2 Å². The summed E-state index contributed by atoms with van der Waals surface area (Å²) in [4.78, 5) is 12.4. The molecule has 1 atom stereocenters. The highest BCUT2D eigenvalue weighted by Crippen LogP contribution is 2.26. The fourth-order valence-electron chi connectivity index (χ4n) is 2.96. The summed E-state index contributed by atoms with van der Waals surface area (Å²) in [6, 6.07) is 11.7. The summed E-state index contributed by atoms with van der Waals surface area (Å²) in [6.07, 6.45) is 2.35. The van der Waals surface area contributed by atoms with Crippen LogP contribution in [0.4, 0.5) is 0 Å². The maximum Gasteiger partial charge on any atom is 0.258 e. The van der Waals surface area contributed by atoms with Gasteiger partial charge in [-0.3, -0.25) is 4.79 Å². The lowest BCUT2D eigenvalue weighted by molar-refractivity contribution is -0.123. The Labute approximate surface area is 187 Å². The Balaban J connectivity index is 2.05. The van der Waals surface area contributed by atoms with Gasteiger partial charge in [0.25, 0.3) is 5.91 Å². The molecule has 3 N–H and O–H groups in total. The molecule has 0 aliphatic heterocycles. The molecule has 0 aliphatic carbocycles. The molecule has 2 aromatic rings. The standard InChI is InChI=1S/C21H28N2O6S2/c1-4-28-17-7-5-6-8-18(17)29-13-21(24)23-16(14-30-3)11-15-9-10-19(27-2)20(12-15)31(22,25)26/h5-10,12,16H,4,11,13-14H2,1-3H3,(H,23,24)(H2,22,25,26)/t16-/m0/s1. The van der Waals surface area contributed by atoms with Gasteiger partial charge in [-0.15, -0.1) is 0 Å². The molecule has 0 aromatic heterocycles. The number of primary sulfonamides is 1. The number of para-hydroxylation sites is 2. The van der Waals surface area contributed by atoms with Gasteiger partial charge in [0.15, 0.2) is 18.1 Å². The van der Waals surface area contributed by atoms with E-state index in [0.717, 1.165) is 0 Å². The zero-order valence-corrected chi connectivity index (χ0v) is 19.4. The van der Waals surface area contributed by atoms with Gasteiger partial charge in [-0.2, -0.15) is 11.8 Å². The van der Waals surface area contributed by atoms with Gasteiger partial charge in [0.1, 0.15) is 10.6 Å².